The van der Waals surface area contributed by atoms with E-state index in [-0.39, 0.29) is 0 Å². The second kappa shape index (κ2) is 10.5. The molecule has 0 saturated heterocycles. The maximum Gasteiger partial charge on any atom is 0.191 e. The van der Waals surface area contributed by atoms with Gasteiger partial charge in [-0.25, -0.2) is 0 Å². The number of nitrogens with one attached hydrogen (secondary N) is 3. The highest BCUT2D eigenvalue weighted by Gasteiger charge is 2.06. The Morgan fingerprint density at radius 1 is 1.07 bits per heavy atom. The number of aryl methyl sites for hydroxylation is 1. The van der Waals surface area contributed by atoms with Crippen molar-refractivity contribution >= 4 is 16.9 Å². The fourth-order valence-electron chi connectivity index (χ4n) is 3.16. The molecule has 0 aliphatic heterocycles. The van der Waals surface area contributed by atoms with Gasteiger partial charge >= 0.3 is 0 Å². The molecule has 2 aromatic carbocycles. The summed E-state index contributed by atoms with van der Waals surface area (Å²) >= 11 is 0. The largest absolute Gasteiger partial charge is 0.491 e. The molecule has 1 heterocycles. The number of guanidine groups is 1. The van der Waals surface area contributed by atoms with E-state index in [1.807, 2.05) is 6.07 Å². The molecule has 0 fully saturated rings. The van der Waals surface area contributed by atoms with Gasteiger partial charge in [0.05, 0.1) is 6.61 Å². The number of methoxy groups -OCH3 is 1. The molecule has 0 aliphatic rings. The first kappa shape index (κ1) is 20.7. The van der Waals surface area contributed by atoms with E-state index in [9.17, 15) is 0 Å². The number of benzene rings is 2. The summed E-state index contributed by atoms with van der Waals surface area (Å²) in [6.45, 7) is 4.58. The van der Waals surface area contributed by atoms with E-state index in [4.69, 9.17) is 9.47 Å². The molecule has 0 saturated carbocycles. The van der Waals surface area contributed by atoms with Gasteiger partial charge in [0, 0.05) is 50.4 Å². The monoisotopic (exact) mass is 394 g/mol. The lowest BCUT2D eigenvalue weighted by atomic mass is 10.1. The first-order valence-corrected chi connectivity index (χ1v) is 9.92. The Morgan fingerprint density at radius 2 is 1.93 bits per heavy atom. The first-order chi connectivity index (χ1) is 14.2. The number of rotatable bonds is 9. The van der Waals surface area contributed by atoms with Crippen LogP contribution in [0.1, 0.15) is 16.8 Å². The highest BCUT2D eigenvalue weighted by atomic mass is 16.5. The lowest BCUT2D eigenvalue weighted by Gasteiger charge is -2.15. The van der Waals surface area contributed by atoms with Crippen LogP contribution in [0.25, 0.3) is 10.9 Å². The van der Waals surface area contributed by atoms with Crippen molar-refractivity contribution in [2.75, 3.05) is 33.9 Å². The van der Waals surface area contributed by atoms with Crippen molar-refractivity contribution in [3.05, 3.63) is 65.4 Å². The maximum absolute atomic E-state index is 5.86. The number of nitrogens with zero attached hydrogens (tertiary/aromatic N) is 1. The smallest absolute Gasteiger partial charge is 0.191 e. The summed E-state index contributed by atoms with van der Waals surface area (Å²) in [7, 11) is 3.46. The molecule has 3 N–H and O–H groups in total. The zero-order valence-corrected chi connectivity index (χ0v) is 17.4. The number of aromatic nitrogens is 1. The fourth-order valence-corrected chi connectivity index (χ4v) is 3.16. The van der Waals surface area contributed by atoms with Gasteiger partial charge in [-0.1, -0.05) is 30.3 Å². The molecule has 0 spiro atoms. The summed E-state index contributed by atoms with van der Waals surface area (Å²) < 4.78 is 10.9. The molecule has 29 heavy (non-hydrogen) atoms. The van der Waals surface area contributed by atoms with Gasteiger partial charge in [0.1, 0.15) is 12.4 Å². The molecule has 3 rings (SSSR count). The lowest BCUT2D eigenvalue weighted by Crippen LogP contribution is -2.38. The molecule has 6 heteroatoms. The van der Waals surface area contributed by atoms with Crippen LogP contribution in [0.15, 0.2) is 53.5 Å². The zero-order chi connectivity index (χ0) is 20.5. The highest BCUT2D eigenvalue weighted by Crippen LogP contribution is 2.20. The van der Waals surface area contributed by atoms with Gasteiger partial charge in [-0.3, -0.25) is 4.99 Å². The van der Waals surface area contributed by atoms with Crippen LogP contribution in [0.3, 0.4) is 0 Å². The van der Waals surface area contributed by atoms with E-state index >= 15 is 0 Å². The second-order valence-corrected chi connectivity index (χ2v) is 6.94. The van der Waals surface area contributed by atoms with Crippen molar-refractivity contribution in [2.45, 2.75) is 19.9 Å². The molecule has 0 aliphatic carbocycles. The van der Waals surface area contributed by atoms with Crippen molar-refractivity contribution in [1.82, 2.24) is 15.6 Å². The predicted molar refractivity (Wildman–Crippen MR) is 119 cm³/mol. The predicted octanol–water partition coefficient (Wildman–Crippen LogP) is 3.41. The number of aliphatic imine (C=N–C) groups is 1. The second-order valence-electron chi connectivity index (χ2n) is 6.94. The van der Waals surface area contributed by atoms with Crippen LogP contribution in [0, 0.1) is 6.92 Å². The van der Waals surface area contributed by atoms with Crippen molar-refractivity contribution in [1.29, 1.82) is 0 Å². The minimum Gasteiger partial charge on any atom is -0.491 e. The fraction of sp³-hybridized carbons (Fsp3) is 0.348. The van der Waals surface area contributed by atoms with Crippen LogP contribution in [0.4, 0.5) is 0 Å². The van der Waals surface area contributed by atoms with Crippen molar-refractivity contribution < 1.29 is 9.47 Å². The van der Waals surface area contributed by atoms with Crippen LogP contribution in [-0.2, 0) is 17.7 Å². The van der Waals surface area contributed by atoms with Gasteiger partial charge in [-0.15, -0.1) is 0 Å². The van der Waals surface area contributed by atoms with E-state index in [0.29, 0.717) is 19.8 Å². The third-order valence-electron chi connectivity index (χ3n) is 4.71. The number of para-hydroxylation sites is 1. The summed E-state index contributed by atoms with van der Waals surface area (Å²) in [5.74, 6) is 1.65. The lowest BCUT2D eigenvalue weighted by molar-refractivity contribution is 0.145. The number of aromatic amines is 1. The minimum atomic E-state index is 0.532. The Morgan fingerprint density at radius 3 is 2.72 bits per heavy atom. The Labute approximate surface area is 172 Å². The van der Waals surface area contributed by atoms with E-state index in [1.54, 1.807) is 14.2 Å². The van der Waals surface area contributed by atoms with Gasteiger partial charge in [-0.05, 0) is 36.1 Å². The molecule has 0 atom stereocenters. The third kappa shape index (κ3) is 5.99. The number of fused-ring (bicyclic) bond motifs is 1. The quantitative estimate of drug-likeness (QED) is 0.295. The zero-order valence-electron chi connectivity index (χ0n) is 17.4. The average molecular weight is 395 g/mol. The molecular weight excluding hydrogens is 364 g/mol. The minimum absolute atomic E-state index is 0.532. The van der Waals surface area contributed by atoms with Gasteiger partial charge < -0.3 is 25.1 Å². The molecular formula is C23H30N4O2. The molecule has 0 amide bonds. The van der Waals surface area contributed by atoms with Gasteiger partial charge in [0.25, 0.3) is 0 Å². The molecule has 154 valence electrons. The first-order valence-electron chi connectivity index (χ1n) is 9.92. The van der Waals surface area contributed by atoms with E-state index in [1.165, 1.54) is 22.2 Å². The molecule has 0 unspecified atom stereocenters. The summed E-state index contributed by atoms with van der Waals surface area (Å²) in [6.07, 6.45) is 0.894. The van der Waals surface area contributed by atoms with Crippen LogP contribution < -0.4 is 15.4 Å². The summed E-state index contributed by atoms with van der Waals surface area (Å²) in [5.41, 5.74) is 4.64. The molecule has 0 radical (unpaired) electrons. The molecule has 1 aromatic heterocycles. The van der Waals surface area contributed by atoms with E-state index < -0.39 is 0 Å². The van der Waals surface area contributed by atoms with Crippen LogP contribution in [-0.4, -0.2) is 44.9 Å². The number of ether oxygens (including phenoxy) is 2. The molecule has 6 nitrogen and oxygen atoms in total. The van der Waals surface area contributed by atoms with Crippen molar-refractivity contribution in [2.24, 2.45) is 4.99 Å². The Bertz CT molecular complexity index is 916. The summed E-state index contributed by atoms with van der Waals surface area (Å²) in [4.78, 5) is 7.78. The standard InChI is InChI=1S/C23H30N4O2/c1-17-8-9-19(22(14-17)29-13-12-28-3)16-26-23(24-2)25-11-10-20-15-18-6-4-5-7-21(18)27-20/h4-9,14-15,27H,10-13,16H2,1-3H3,(H2,24,25,26). The maximum atomic E-state index is 5.86. The number of hydrogen-bond donors (Lipinski definition) is 3. The van der Waals surface area contributed by atoms with Crippen molar-refractivity contribution in [3.63, 3.8) is 0 Å². The summed E-state index contributed by atoms with van der Waals surface area (Å²) in [6, 6.07) is 16.8. The Balaban J connectivity index is 1.51. The third-order valence-corrected chi connectivity index (χ3v) is 4.71. The van der Waals surface area contributed by atoms with Gasteiger partial charge in [0.2, 0.25) is 0 Å². The Kier molecular flexibility index (Phi) is 7.53. The topological polar surface area (TPSA) is 70.7 Å². The molecule has 0 bridgehead atoms. The Hall–Kier alpha value is -2.99. The van der Waals surface area contributed by atoms with Crippen LogP contribution in [0.2, 0.25) is 0 Å². The number of H-pyrrole nitrogens is 1. The van der Waals surface area contributed by atoms with E-state index in [2.05, 4.69) is 70.0 Å². The average Bonchev–Trinajstić information content (AvgIpc) is 3.14. The van der Waals surface area contributed by atoms with Crippen molar-refractivity contribution in [3.8, 4) is 5.75 Å². The normalized spacial score (nSPS) is 11.6. The van der Waals surface area contributed by atoms with E-state index in [0.717, 1.165) is 30.2 Å². The van der Waals surface area contributed by atoms with Crippen LogP contribution in [0.5, 0.6) is 5.75 Å². The van der Waals surface area contributed by atoms with Gasteiger partial charge in [0.15, 0.2) is 5.96 Å². The van der Waals surface area contributed by atoms with Gasteiger partial charge in [-0.2, -0.15) is 0 Å². The van der Waals surface area contributed by atoms with Crippen LogP contribution >= 0.6 is 0 Å². The summed E-state index contributed by atoms with van der Waals surface area (Å²) in [5, 5.41) is 7.98. The molecule has 3 aromatic rings. The number of hydrogen-bond acceptors (Lipinski definition) is 3. The highest BCUT2D eigenvalue weighted by molar-refractivity contribution is 5.81. The SMILES string of the molecule is CN=C(NCCc1cc2ccccc2[nH]1)NCc1ccc(C)cc1OCCOC.